The lowest BCUT2D eigenvalue weighted by atomic mass is 10.1. The van der Waals surface area contributed by atoms with E-state index >= 15 is 0 Å². The largest absolute Gasteiger partial charge is 0.465 e. The summed E-state index contributed by atoms with van der Waals surface area (Å²) in [7, 11) is -2.90. The van der Waals surface area contributed by atoms with Crippen molar-refractivity contribution in [3.63, 3.8) is 0 Å². The molecule has 2 aromatic rings. The molecule has 0 bridgehead atoms. The molecule has 0 saturated heterocycles. The molecule has 0 aliphatic rings. The zero-order valence-corrected chi connectivity index (χ0v) is 14.0. The second-order valence-corrected chi connectivity index (χ2v) is 6.74. The number of carbonyl (C=O) groups is 2. The first-order valence-electron chi connectivity index (χ1n) is 7.15. The molecule has 0 aromatic heterocycles. The molecule has 1 unspecified atom stereocenters. The maximum atomic E-state index is 12.5. The summed E-state index contributed by atoms with van der Waals surface area (Å²) in [6.45, 7) is 1.45. The van der Waals surface area contributed by atoms with Gasteiger partial charge in [-0.25, -0.2) is 17.9 Å². The lowest BCUT2D eigenvalue weighted by Crippen LogP contribution is -2.39. The van der Waals surface area contributed by atoms with E-state index < -0.39 is 22.0 Å². The average molecular weight is 347 g/mol. The van der Waals surface area contributed by atoms with Crippen LogP contribution in [0.25, 0.3) is 0 Å². The molecule has 0 spiro atoms. The van der Waals surface area contributed by atoms with E-state index in [-0.39, 0.29) is 16.2 Å². The summed E-state index contributed by atoms with van der Waals surface area (Å²) in [5.41, 5.74) is 0.306. The van der Waals surface area contributed by atoms with Gasteiger partial charge in [0.1, 0.15) is 0 Å². The Balaban J connectivity index is 2.29. The van der Waals surface area contributed by atoms with Gasteiger partial charge in [-0.2, -0.15) is 0 Å². The lowest BCUT2D eigenvalue weighted by molar-refractivity contribution is 0.0596. The summed E-state index contributed by atoms with van der Waals surface area (Å²) < 4.78 is 32.0. The van der Waals surface area contributed by atoms with Crippen LogP contribution in [0.5, 0.6) is 0 Å². The topological polar surface area (TPSA) is 89.5 Å². The van der Waals surface area contributed by atoms with Crippen LogP contribution in [0.4, 0.5) is 0 Å². The van der Waals surface area contributed by atoms with E-state index in [1.807, 2.05) is 0 Å². The second kappa shape index (κ2) is 7.37. The smallest absolute Gasteiger partial charge is 0.339 e. The molecule has 0 aliphatic heterocycles. The van der Waals surface area contributed by atoms with Crippen molar-refractivity contribution in [3.8, 4) is 0 Å². The highest BCUT2D eigenvalue weighted by Crippen LogP contribution is 2.17. The second-order valence-electron chi connectivity index (χ2n) is 5.06. The first kappa shape index (κ1) is 17.8. The molecule has 1 atom stereocenters. The van der Waals surface area contributed by atoms with Gasteiger partial charge >= 0.3 is 5.97 Å². The summed E-state index contributed by atoms with van der Waals surface area (Å²) >= 11 is 0. The van der Waals surface area contributed by atoms with Gasteiger partial charge in [-0.1, -0.05) is 42.5 Å². The van der Waals surface area contributed by atoms with Gasteiger partial charge in [0.25, 0.3) is 0 Å². The highest BCUT2D eigenvalue weighted by molar-refractivity contribution is 7.89. The van der Waals surface area contributed by atoms with Crippen molar-refractivity contribution in [1.82, 2.24) is 4.72 Å². The number of carbonyl (C=O) groups excluding carboxylic acids is 2. The summed E-state index contributed by atoms with van der Waals surface area (Å²) in [4.78, 5) is 23.8. The van der Waals surface area contributed by atoms with Crippen molar-refractivity contribution >= 4 is 21.8 Å². The number of Topliss-reactive ketones (excluding diaryl/α,β-unsaturated/α-hetero) is 1. The molecule has 0 fully saturated rings. The van der Waals surface area contributed by atoms with Gasteiger partial charge in [-0.05, 0) is 19.1 Å². The third kappa shape index (κ3) is 3.87. The summed E-state index contributed by atoms with van der Waals surface area (Å²) in [6, 6.07) is 13.0. The quantitative estimate of drug-likeness (QED) is 0.638. The Labute approximate surface area is 140 Å². The third-order valence-corrected chi connectivity index (χ3v) is 4.96. The minimum absolute atomic E-state index is 0.0909. The van der Waals surface area contributed by atoms with Crippen LogP contribution in [0, 0.1) is 0 Å². The normalized spacial score (nSPS) is 12.4. The number of ketones is 1. The Morgan fingerprint density at radius 1 is 1.00 bits per heavy atom. The van der Waals surface area contributed by atoms with Crippen LogP contribution in [0.2, 0.25) is 0 Å². The van der Waals surface area contributed by atoms with Crippen LogP contribution in [-0.4, -0.2) is 33.3 Å². The molecule has 0 radical (unpaired) electrons. The van der Waals surface area contributed by atoms with Crippen molar-refractivity contribution in [2.45, 2.75) is 17.9 Å². The maximum Gasteiger partial charge on any atom is 0.339 e. The molecule has 0 heterocycles. The van der Waals surface area contributed by atoms with E-state index in [9.17, 15) is 18.0 Å². The van der Waals surface area contributed by atoms with E-state index in [0.717, 1.165) is 0 Å². The zero-order chi connectivity index (χ0) is 17.7. The molecule has 7 heteroatoms. The minimum Gasteiger partial charge on any atom is -0.465 e. The van der Waals surface area contributed by atoms with Gasteiger partial charge in [-0.3, -0.25) is 4.79 Å². The average Bonchev–Trinajstić information content (AvgIpc) is 2.60. The van der Waals surface area contributed by atoms with Crippen molar-refractivity contribution in [2.75, 3.05) is 7.11 Å². The van der Waals surface area contributed by atoms with Crippen molar-refractivity contribution in [1.29, 1.82) is 0 Å². The highest BCUT2D eigenvalue weighted by Gasteiger charge is 2.27. The van der Waals surface area contributed by atoms with Gasteiger partial charge in [0.05, 0.1) is 23.6 Å². The Kier molecular flexibility index (Phi) is 5.48. The molecule has 2 rings (SSSR count). The maximum absolute atomic E-state index is 12.5. The van der Waals surface area contributed by atoms with Crippen LogP contribution in [0.15, 0.2) is 59.5 Å². The van der Waals surface area contributed by atoms with Crippen LogP contribution in [0.3, 0.4) is 0 Å². The fourth-order valence-corrected chi connectivity index (χ4v) is 3.58. The number of esters is 1. The SMILES string of the molecule is COC(=O)c1ccccc1S(=O)(=O)NC(C)C(=O)c1ccccc1. The number of rotatable bonds is 6. The molecule has 6 nitrogen and oxygen atoms in total. The molecule has 0 aliphatic carbocycles. The van der Waals surface area contributed by atoms with E-state index in [0.29, 0.717) is 5.56 Å². The molecule has 1 N–H and O–H groups in total. The van der Waals surface area contributed by atoms with Crippen LogP contribution < -0.4 is 4.72 Å². The fourth-order valence-electron chi connectivity index (χ4n) is 2.18. The summed E-state index contributed by atoms with van der Waals surface area (Å²) in [5, 5.41) is 0. The number of nitrogens with one attached hydrogen (secondary N) is 1. The molecular formula is C17H17NO5S. The van der Waals surface area contributed by atoms with Crippen LogP contribution >= 0.6 is 0 Å². The third-order valence-electron chi connectivity index (χ3n) is 3.37. The van der Waals surface area contributed by atoms with Gasteiger partial charge in [-0.15, -0.1) is 0 Å². The number of methoxy groups -OCH3 is 1. The zero-order valence-electron chi connectivity index (χ0n) is 13.2. The molecule has 24 heavy (non-hydrogen) atoms. The predicted octanol–water partition coefficient (Wildman–Crippen LogP) is 2.02. The number of sulfonamides is 1. The molecule has 126 valence electrons. The van der Waals surface area contributed by atoms with Crippen molar-refractivity contribution < 1.29 is 22.7 Å². The van der Waals surface area contributed by atoms with Crippen molar-refractivity contribution in [2.24, 2.45) is 0 Å². The number of hydrogen-bond acceptors (Lipinski definition) is 5. The Morgan fingerprint density at radius 3 is 2.21 bits per heavy atom. The highest BCUT2D eigenvalue weighted by atomic mass is 32.2. The molecular weight excluding hydrogens is 330 g/mol. The monoisotopic (exact) mass is 347 g/mol. The van der Waals surface area contributed by atoms with E-state index in [1.165, 1.54) is 38.3 Å². The first-order chi connectivity index (χ1) is 11.4. The number of hydrogen-bond donors (Lipinski definition) is 1. The van der Waals surface area contributed by atoms with Gasteiger partial charge in [0.15, 0.2) is 5.78 Å². The Morgan fingerprint density at radius 2 is 1.58 bits per heavy atom. The van der Waals surface area contributed by atoms with Crippen LogP contribution in [0.1, 0.15) is 27.6 Å². The van der Waals surface area contributed by atoms with E-state index in [2.05, 4.69) is 9.46 Å². The molecule has 0 saturated carbocycles. The van der Waals surface area contributed by atoms with Gasteiger partial charge < -0.3 is 4.74 Å². The summed E-state index contributed by atoms with van der Waals surface area (Å²) in [6.07, 6.45) is 0. The van der Waals surface area contributed by atoms with Gasteiger partial charge in [0.2, 0.25) is 10.0 Å². The predicted molar refractivity (Wildman–Crippen MR) is 88.3 cm³/mol. The molecule has 0 amide bonds. The van der Waals surface area contributed by atoms with Crippen molar-refractivity contribution in [3.05, 3.63) is 65.7 Å². The minimum atomic E-state index is -4.07. The fraction of sp³-hybridized carbons (Fsp3) is 0.176. The number of benzene rings is 2. The van der Waals surface area contributed by atoms with Crippen LogP contribution in [-0.2, 0) is 14.8 Å². The lowest BCUT2D eigenvalue weighted by Gasteiger charge is -2.15. The Bertz CT molecular complexity index is 846. The summed E-state index contributed by atoms with van der Waals surface area (Å²) in [5.74, 6) is -1.13. The first-order valence-corrected chi connectivity index (χ1v) is 8.64. The standard InChI is InChI=1S/C17H17NO5S/c1-12(16(19)13-8-4-3-5-9-13)18-24(21,22)15-11-7-6-10-14(15)17(20)23-2/h3-12,18H,1-2H3. The van der Waals surface area contributed by atoms with E-state index in [1.54, 1.807) is 30.3 Å². The number of ether oxygens (including phenoxy) is 1. The van der Waals surface area contributed by atoms with Gasteiger partial charge in [0, 0.05) is 5.56 Å². The van der Waals surface area contributed by atoms with E-state index in [4.69, 9.17) is 0 Å². The molecule has 2 aromatic carbocycles. The Hall–Kier alpha value is -2.51.